The molecular formula is C19H32N2O. The van der Waals surface area contributed by atoms with Gasteiger partial charge < -0.3 is 4.74 Å². The van der Waals surface area contributed by atoms with Crippen molar-refractivity contribution in [3.05, 3.63) is 29.8 Å². The molecule has 0 aromatic heterocycles. The quantitative estimate of drug-likeness (QED) is 0.680. The topological polar surface area (TPSA) is 15.7 Å². The first-order valence-corrected chi connectivity index (χ1v) is 8.87. The average molecular weight is 304 g/mol. The summed E-state index contributed by atoms with van der Waals surface area (Å²) in [6, 6.07) is 9.33. The smallest absolute Gasteiger partial charge is 0.119 e. The lowest BCUT2D eigenvalue weighted by Gasteiger charge is -2.36. The number of benzene rings is 1. The molecule has 1 aliphatic rings. The van der Waals surface area contributed by atoms with Gasteiger partial charge in [-0.25, -0.2) is 0 Å². The van der Waals surface area contributed by atoms with E-state index in [2.05, 4.69) is 54.8 Å². The molecule has 1 saturated heterocycles. The molecule has 0 N–H and O–H groups in total. The van der Waals surface area contributed by atoms with Crippen LogP contribution in [-0.2, 0) is 6.54 Å². The minimum atomic E-state index is 0.672. The monoisotopic (exact) mass is 304 g/mol. The predicted octanol–water partition coefficient (Wildman–Crippen LogP) is 3.78. The molecule has 1 fully saturated rings. The van der Waals surface area contributed by atoms with Crippen LogP contribution in [0.2, 0.25) is 0 Å². The zero-order valence-electron chi connectivity index (χ0n) is 14.6. The highest BCUT2D eigenvalue weighted by Gasteiger charge is 2.18. The van der Waals surface area contributed by atoms with Crippen LogP contribution in [0, 0.1) is 0 Å². The Morgan fingerprint density at radius 3 is 2.27 bits per heavy atom. The first-order chi connectivity index (χ1) is 10.7. The van der Waals surface area contributed by atoms with Gasteiger partial charge in [-0.3, -0.25) is 9.80 Å². The molecule has 1 heterocycles. The van der Waals surface area contributed by atoms with Crippen LogP contribution in [0.5, 0.6) is 5.75 Å². The molecular weight excluding hydrogens is 272 g/mol. The standard InChI is InChI=1S/C19H32N2O/c1-4-5-6-15-22-19-9-7-18(8-10-19)16-20-11-13-21(14-12-20)17(2)3/h7-10,17H,4-6,11-16H2,1-3H3. The molecule has 0 bridgehead atoms. The first-order valence-electron chi connectivity index (χ1n) is 8.87. The third-order valence-corrected chi connectivity index (χ3v) is 4.48. The van der Waals surface area contributed by atoms with Crippen LogP contribution in [0.25, 0.3) is 0 Å². The van der Waals surface area contributed by atoms with Crippen molar-refractivity contribution in [3.63, 3.8) is 0 Å². The Hall–Kier alpha value is -1.06. The molecule has 1 aromatic rings. The molecule has 124 valence electrons. The molecule has 0 saturated carbocycles. The molecule has 1 aliphatic heterocycles. The minimum Gasteiger partial charge on any atom is -0.494 e. The zero-order valence-corrected chi connectivity index (χ0v) is 14.6. The molecule has 0 aliphatic carbocycles. The number of hydrogen-bond donors (Lipinski definition) is 0. The number of nitrogens with zero attached hydrogens (tertiary/aromatic N) is 2. The van der Waals surface area contributed by atoms with E-state index in [1.54, 1.807) is 0 Å². The first kappa shape index (κ1) is 17.3. The number of piperazine rings is 1. The summed E-state index contributed by atoms with van der Waals surface area (Å²) in [6.45, 7) is 13.4. The molecule has 0 radical (unpaired) electrons. The molecule has 0 spiro atoms. The molecule has 0 unspecified atom stereocenters. The fourth-order valence-electron chi connectivity index (χ4n) is 2.93. The van der Waals surface area contributed by atoms with Crippen LogP contribution in [0.4, 0.5) is 0 Å². The molecule has 1 aromatic carbocycles. The van der Waals surface area contributed by atoms with E-state index >= 15 is 0 Å². The third-order valence-electron chi connectivity index (χ3n) is 4.48. The Kier molecular flexibility index (Phi) is 7.20. The van der Waals surface area contributed by atoms with Crippen molar-refractivity contribution in [2.45, 2.75) is 52.6 Å². The molecule has 0 atom stereocenters. The van der Waals surface area contributed by atoms with Gasteiger partial charge in [0.15, 0.2) is 0 Å². The Bertz CT molecular complexity index is 408. The van der Waals surface area contributed by atoms with Crippen LogP contribution < -0.4 is 4.74 Å². The van der Waals surface area contributed by atoms with Gasteiger partial charge in [0.1, 0.15) is 5.75 Å². The van der Waals surface area contributed by atoms with E-state index in [0.717, 1.165) is 25.3 Å². The van der Waals surface area contributed by atoms with Gasteiger partial charge >= 0.3 is 0 Å². The number of unbranched alkanes of at least 4 members (excludes halogenated alkanes) is 2. The van der Waals surface area contributed by atoms with E-state index in [1.807, 2.05) is 0 Å². The van der Waals surface area contributed by atoms with Gasteiger partial charge in [-0.1, -0.05) is 31.9 Å². The van der Waals surface area contributed by atoms with Crippen LogP contribution >= 0.6 is 0 Å². The molecule has 3 heteroatoms. The minimum absolute atomic E-state index is 0.672. The maximum absolute atomic E-state index is 5.77. The molecule has 3 nitrogen and oxygen atoms in total. The largest absolute Gasteiger partial charge is 0.494 e. The fraction of sp³-hybridized carbons (Fsp3) is 0.684. The van der Waals surface area contributed by atoms with Gasteiger partial charge in [-0.15, -0.1) is 0 Å². The van der Waals surface area contributed by atoms with E-state index in [0.29, 0.717) is 6.04 Å². The predicted molar refractivity (Wildman–Crippen MR) is 93.4 cm³/mol. The van der Waals surface area contributed by atoms with E-state index in [1.165, 1.54) is 44.6 Å². The number of hydrogen-bond acceptors (Lipinski definition) is 3. The summed E-state index contributed by atoms with van der Waals surface area (Å²) < 4.78 is 5.77. The van der Waals surface area contributed by atoms with E-state index in [4.69, 9.17) is 4.74 Å². The summed E-state index contributed by atoms with van der Waals surface area (Å²) in [7, 11) is 0. The second-order valence-corrected chi connectivity index (χ2v) is 6.61. The van der Waals surface area contributed by atoms with Crippen molar-refractivity contribution in [1.29, 1.82) is 0 Å². The summed E-state index contributed by atoms with van der Waals surface area (Å²) in [4.78, 5) is 5.11. The van der Waals surface area contributed by atoms with Crippen LogP contribution in [0.3, 0.4) is 0 Å². The van der Waals surface area contributed by atoms with Crippen molar-refractivity contribution in [3.8, 4) is 5.75 Å². The van der Waals surface area contributed by atoms with E-state index in [-0.39, 0.29) is 0 Å². The second kappa shape index (κ2) is 9.16. The zero-order chi connectivity index (χ0) is 15.8. The van der Waals surface area contributed by atoms with Gasteiger partial charge in [0.2, 0.25) is 0 Å². The van der Waals surface area contributed by atoms with Gasteiger partial charge in [0.05, 0.1) is 6.61 Å². The Balaban J connectivity index is 1.72. The van der Waals surface area contributed by atoms with Gasteiger partial charge in [-0.05, 0) is 38.0 Å². The SMILES string of the molecule is CCCCCOc1ccc(CN2CCN(C(C)C)CC2)cc1. The lowest BCUT2D eigenvalue weighted by atomic mass is 10.2. The average Bonchev–Trinajstić information content (AvgIpc) is 2.54. The highest BCUT2D eigenvalue weighted by molar-refractivity contribution is 5.27. The summed E-state index contributed by atoms with van der Waals surface area (Å²) in [6.07, 6.45) is 3.64. The van der Waals surface area contributed by atoms with Crippen molar-refractivity contribution in [2.24, 2.45) is 0 Å². The second-order valence-electron chi connectivity index (χ2n) is 6.61. The maximum atomic E-state index is 5.77. The summed E-state index contributed by atoms with van der Waals surface area (Å²) in [5.41, 5.74) is 1.39. The van der Waals surface area contributed by atoms with Crippen LogP contribution in [-0.4, -0.2) is 48.6 Å². The summed E-state index contributed by atoms with van der Waals surface area (Å²) in [5, 5.41) is 0. The van der Waals surface area contributed by atoms with Crippen LogP contribution in [0.15, 0.2) is 24.3 Å². The van der Waals surface area contributed by atoms with Crippen molar-refractivity contribution in [2.75, 3.05) is 32.8 Å². The van der Waals surface area contributed by atoms with Crippen molar-refractivity contribution in [1.82, 2.24) is 9.80 Å². The highest BCUT2D eigenvalue weighted by atomic mass is 16.5. The van der Waals surface area contributed by atoms with Gasteiger partial charge in [0.25, 0.3) is 0 Å². The fourth-order valence-corrected chi connectivity index (χ4v) is 2.93. The lowest BCUT2D eigenvalue weighted by Crippen LogP contribution is -2.48. The Morgan fingerprint density at radius 1 is 1.00 bits per heavy atom. The van der Waals surface area contributed by atoms with Crippen molar-refractivity contribution >= 4 is 0 Å². The molecule has 2 rings (SSSR count). The third kappa shape index (κ3) is 5.62. The highest BCUT2D eigenvalue weighted by Crippen LogP contribution is 2.15. The molecule has 0 amide bonds. The Labute approximate surface area is 136 Å². The maximum Gasteiger partial charge on any atom is 0.119 e. The van der Waals surface area contributed by atoms with E-state index in [9.17, 15) is 0 Å². The van der Waals surface area contributed by atoms with Crippen molar-refractivity contribution < 1.29 is 4.74 Å². The van der Waals surface area contributed by atoms with Gasteiger partial charge in [0, 0.05) is 38.8 Å². The Morgan fingerprint density at radius 2 is 1.68 bits per heavy atom. The molecule has 22 heavy (non-hydrogen) atoms. The van der Waals surface area contributed by atoms with Crippen LogP contribution in [0.1, 0.15) is 45.6 Å². The summed E-state index contributed by atoms with van der Waals surface area (Å²) >= 11 is 0. The van der Waals surface area contributed by atoms with Gasteiger partial charge in [-0.2, -0.15) is 0 Å². The normalized spacial score (nSPS) is 17.1. The number of ether oxygens (including phenoxy) is 1. The van der Waals surface area contributed by atoms with E-state index < -0.39 is 0 Å². The summed E-state index contributed by atoms with van der Waals surface area (Å²) in [5.74, 6) is 1.00. The number of rotatable bonds is 8. The lowest BCUT2D eigenvalue weighted by molar-refractivity contribution is 0.104.